The third-order valence-corrected chi connectivity index (χ3v) is 2.83. The summed E-state index contributed by atoms with van der Waals surface area (Å²) in [5.41, 5.74) is 1.30. The van der Waals surface area contributed by atoms with E-state index in [9.17, 15) is 0 Å². The first-order chi connectivity index (χ1) is 9.24. The van der Waals surface area contributed by atoms with Crippen LogP contribution < -0.4 is 9.47 Å². The van der Waals surface area contributed by atoms with Crippen LogP contribution in [-0.2, 0) is 0 Å². The van der Waals surface area contributed by atoms with Crippen LogP contribution in [0, 0.1) is 0 Å². The lowest BCUT2D eigenvalue weighted by Gasteiger charge is -2.02. The first-order valence-corrected chi connectivity index (χ1v) is 6.00. The first-order valence-electron chi connectivity index (χ1n) is 5.62. The van der Waals surface area contributed by atoms with E-state index >= 15 is 0 Å². The van der Waals surface area contributed by atoms with Gasteiger partial charge in [0.2, 0.25) is 0 Å². The standard InChI is InChI=1S/C14H10ClNO3/c1-17-10-3-5-11(6-4-10)18-14-16-12-7-2-9(15)8-13(12)19-14/h2-8H,1H3. The van der Waals surface area contributed by atoms with E-state index in [4.69, 9.17) is 25.5 Å². The fourth-order valence-electron chi connectivity index (χ4n) is 1.67. The monoisotopic (exact) mass is 275 g/mol. The molecule has 0 saturated heterocycles. The Morgan fingerprint density at radius 1 is 1.05 bits per heavy atom. The minimum atomic E-state index is 0.183. The molecule has 0 amide bonds. The van der Waals surface area contributed by atoms with Gasteiger partial charge in [-0.25, -0.2) is 0 Å². The number of fused-ring (bicyclic) bond motifs is 1. The molecule has 1 aromatic heterocycles. The molecule has 1 heterocycles. The highest BCUT2D eigenvalue weighted by atomic mass is 35.5. The van der Waals surface area contributed by atoms with Gasteiger partial charge in [-0.15, -0.1) is 0 Å². The molecular weight excluding hydrogens is 266 g/mol. The Morgan fingerprint density at radius 2 is 1.79 bits per heavy atom. The second kappa shape index (κ2) is 4.82. The molecule has 0 aliphatic heterocycles. The summed E-state index contributed by atoms with van der Waals surface area (Å²) >= 11 is 5.88. The maximum atomic E-state index is 5.88. The fraction of sp³-hybridized carbons (Fsp3) is 0.0714. The quantitative estimate of drug-likeness (QED) is 0.715. The summed E-state index contributed by atoms with van der Waals surface area (Å²) in [6, 6.07) is 12.4. The predicted octanol–water partition coefficient (Wildman–Crippen LogP) is 4.28. The molecule has 0 aliphatic carbocycles. The number of nitrogens with zero attached hydrogens (tertiary/aromatic N) is 1. The van der Waals surface area contributed by atoms with E-state index in [1.54, 1.807) is 49.6 Å². The van der Waals surface area contributed by atoms with Crippen LogP contribution in [0.25, 0.3) is 11.1 Å². The van der Waals surface area contributed by atoms with Crippen molar-refractivity contribution < 1.29 is 13.9 Å². The molecule has 0 spiro atoms. The van der Waals surface area contributed by atoms with Crippen molar-refractivity contribution in [2.75, 3.05) is 7.11 Å². The smallest absolute Gasteiger partial charge is 0.400 e. The van der Waals surface area contributed by atoms with Gasteiger partial charge < -0.3 is 13.9 Å². The number of aromatic nitrogens is 1. The fourth-order valence-corrected chi connectivity index (χ4v) is 1.83. The molecule has 3 aromatic rings. The number of oxazole rings is 1. The summed E-state index contributed by atoms with van der Waals surface area (Å²) in [6.45, 7) is 0. The zero-order valence-electron chi connectivity index (χ0n) is 10.1. The second-order valence-electron chi connectivity index (χ2n) is 3.87. The van der Waals surface area contributed by atoms with Gasteiger partial charge in [0.15, 0.2) is 5.58 Å². The summed E-state index contributed by atoms with van der Waals surface area (Å²) < 4.78 is 16.1. The third-order valence-electron chi connectivity index (χ3n) is 2.60. The van der Waals surface area contributed by atoms with Crippen LogP contribution in [0.1, 0.15) is 0 Å². The van der Waals surface area contributed by atoms with Gasteiger partial charge in [-0.05, 0) is 36.4 Å². The van der Waals surface area contributed by atoms with Crippen molar-refractivity contribution in [2.45, 2.75) is 0 Å². The topological polar surface area (TPSA) is 44.5 Å². The number of hydrogen-bond acceptors (Lipinski definition) is 4. The van der Waals surface area contributed by atoms with E-state index in [1.807, 2.05) is 0 Å². The normalized spacial score (nSPS) is 10.6. The maximum Gasteiger partial charge on any atom is 0.400 e. The Hall–Kier alpha value is -2.20. The summed E-state index contributed by atoms with van der Waals surface area (Å²) in [6.07, 6.45) is 0.183. The number of rotatable bonds is 3. The molecule has 0 bridgehead atoms. The number of ether oxygens (including phenoxy) is 2. The highest BCUT2D eigenvalue weighted by Gasteiger charge is 2.08. The van der Waals surface area contributed by atoms with Gasteiger partial charge >= 0.3 is 6.08 Å². The van der Waals surface area contributed by atoms with E-state index in [0.29, 0.717) is 21.9 Å². The zero-order chi connectivity index (χ0) is 13.2. The highest BCUT2D eigenvalue weighted by molar-refractivity contribution is 6.31. The van der Waals surface area contributed by atoms with Gasteiger partial charge in [0.1, 0.15) is 17.0 Å². The molecule has 19 heavy (non-hydrogen) atoms. The molecule has 0 atom stereocenters. The Morgan fingerprint density at radius 3 is 2.53 bits per heavy atom. The number of hydrogen-bond donors (Lipinski definition) is 0. The van der Waals surface area contributed by atoms with Gasteiger partial charge in [-0.3, -0.25) is 0 Å². The van der Waals surface area contributed by atoms with Gasteiger partial charge in [0.05, 0.1) is 7.11 Å². The average molecular weight is 276 g/mol. The maximum absolute atomic E-state index is 5.88. The van der Waals surface area contributed by atoms with Gasteiger partial charge in [-0.1, -0.05) is 11.6 Å². The first kappa shape index (κ1) is 11.9. The molecule has 4 nitrogen and oxygen atoms in total. The number of benzene rings is 2. The van der Waals surface area contributed by atoms with Crippen molar-refractivity contribution in [3.05, 3.63) is 47.5 Å². The van der Waals surface area contributed by atoms with Crippen molar-refractivity contribution >= 4 is 22.7 Å². The Bertz CT molecular complexity index is 706. The molecule has 5 heteroatoms. The summed E-state index contributed by atoms with van der Waals surface area (Å²) in [5, 5.41) is 0.597. The van der Waals surface area contributed by atoms with E-state index in [-0.39, 0.29) is 6.08 Å². The van der Waals surface area contributed by atoms with Gasteiger partial charge in [0, 0.05) is 11.1 Å². The lowest BCUT2D eigenvalue weighted by atomic mass is 10.3. The molecule has 0 saturated carbocycles. The Balaban J connectivity index is 1.87. The van der Waals surface area contributed by atoms with Gasteiger partial charge in [-0.2, -0.15) is 4.98 Å². The minimum absolute atomic E-state index is 0.183. The average Bonchev–Trinajstić information content (AvgIpc) is 2.81. The second-order valence-corrected chi connectivity index (χ2v) is 4.31. The van der Waals surface area contributed by atoms with Crippen LogP contribution in [-0.4, -0.2) is 12.1 Å². The van der Waals surface area contributed by atoms with Crippen LogP contribution in [0.2, 0.25) is 5.02 Å². The third kappa shape index (κ3) is 2.48. The largest absolute Gasteiger partial charge is 0.497 e. The van der Waals surface area contributed by atoms with E-state index in [2.05, 4.69) is 4.98 Å². The molecule has 3 rings (SSSR count). The zero-order valence-corrected chi connectivity index (χ0v) is 10.8. The van der Waals surface area contributed by atoms with Crippen molar-refractivity contribution in [1.82, 2.24) is 4.98 Å². The molecule has 0 aliphatic rings. The van der Waals surface area contributed by atoms with Gasteiger partial charge in [0.25, 0.3) is 0 Å². The predicted molar refractivity (Wildman–Crippen MR) is 72.1 cm³/mol. The highest BCUT2D eigenvalue weighted by Crippen LogP contribution is 2.28. The SMILES string of the molecule is COc1ccc(Oc2nc3ccc(Cl)cc3o2)cc1. The summed E-state index contributed by atoms with van der Waals surface area (Å²) in [4.78, 5) is 4.21. The molecule has 2 aromatic carbocycles. The van der Waals surface area contributed by atoms with E-state index in [0.717, 1.165) is 5.75 Å². The Kier molecular flexibility index (Phi) is 3.01. The van der Waals surface area contributed by atoms with Crippen molar-refractivity contribution in [3.63, 3.8) is 0 Å². The lowest BCUT2D eigenvalue weighted by molar-refractivity contribution is 0.342. The summed E-state index contributed by atoms with van der Waals surface area (Å²) in [5.74, 6) is 1.38. The van der Waals surface area contributed by atoms with Crippen molar-refractivity contribution in [2.24, 2.45) is 0 Å². The van der Waals surface area contributed by atoms with Crippen LogP contribution in [0.4, 0.5) is 0 Å². The minimum Gasteiger partial charge on any atom is -0.497 e. The van der Waals surface area contributed by atoms with E-state index < -0.39 is 0 Å². The van der Waals surface area contributed by atoms with Crippen LogP contribution >= 0.6 is 11.6 Å². The Labute approximate surface area is 114 Å². The molecule has 96 valence electrons. The molecular formula is C14H10ClNO3. The lowest BCUT2D eigenvalue weighted by Crippen LogP contribution is -1.85. The number of halogens is 1. The van der Waals surface area contributed by atoms with Crippen LogP contribution in [0.3, 0.4) is 0 Å². The van der Waals surface area contributed by atoms with E-state index in [1.165, 1.54) is 0 Å². The molecule has 0 radical (unpaired) electrons. The molecule has 0 N–H and O–H groups in total. The summed E-state index contributed by atoms with van der Waals surface area (Å²) in [7, 11) is 1.61. The van der Waals surface area contributed by atoms with Crippen molar-refractivity contribution in [3.8, 4) is 17.6 Å². The molecule has 0 fully saturated rings. The van der Waals surface area contributed by atoms with Crippen LogP contribution in [0.15, 0.2) is 46.9 Å². The van der Waals surface area contributed by atoms with Crippen LogP contribution in [0.5, 0.6) is 17.6 Å². The van der Waals surface area contributed by atoms with Crippen molar-refractivity contribution in [1.29, 1.82) is 0 Å². The number of methoxy groups -OCH3 is 1. The molecule has 0 unspecified atom stereocenters.